The van der Waals surface area contributed by atoms with E-state index in [0.717, 1.165) is 55.2 Å². The summed E-state index contributed by atoms with van der Waals surface area (Å²) in [5.74, 6) is 2.35. The first-order valence-corrected chi connectivity index (χ1v) is 21.3. The van der Waals surface area contributed by atoms with E-state index in [9.17, 15) is 9.90 Å². The molecule has 0 unspecified atom stereocenters. The van der Waals surface area contributed by atoms with Crippen LogP contribution < -0.4 is 0 Å². The summed E-state index contributed by atoms with van der Waals surface area (Å²) in [5, 5.41) is 22.1. The Bertz CT molecular complexity index is 2030. The van der Waals surface area contributed by atoms with Crippen LogP contribution in [0, 0.1) is 29.1 Å². The van der Waals surface area contributed by atoms with Crippen molar-refractivity contribution in [3.63, 3.8) is 0 Å². The molecule has 0 bridgehead atoms. The first kappa shape index (κ1) is 39.4. The molecule has 4 aromatic rings. The lowest BCUT2D eigenvalue weighted by molar-refractivity contribution is -0.319. The summed E-state index contributed by atoms with van der Waals surface area (Å²) in [6, 6.07) is 30.3. The number of allylic oxidation sites excluding steroid dienone is 1. The second kappa shape index (κ2) is 16.9. The molecule has 58 heavy (non-hydrogen) atoms. The SMILES string of the molecule is CO[C@H]1O[C@H](Cn2cc([C@]3(O)CC[C@H]4[C@@H]5CCC6=CC(=O)CC[C@@H]6[C@H]5CC[C@@]43C)nn2)[C@@H](OCc2ccccc2)[C@H](OCc2ccccc2)[C@H]1OCc1ccccc1. The number of nitrogens with zero attached hydrogens (tertiary/aromatic N) is 3. The number of ketones is 1. The first-order chi connectivity index (χ1) is 28.3. The molecule has 4 fully saturated rings. The van der Waals surface area contributed by atoms with Crippen LogP contribution in [-0.2, 0) is 60.4 Å². The third-order valence-electron chi connectivity index (χ3n) is 14.5. The summed E-state index contributed by atoms with van der Waals surface area (Å²) in [6.07, 6.45) is 8.20. The molecule has 3 aromatic carbocycles. The molecule has 1 N–H and O–H groups in total. The van der Waals surface area contributed by atoms with E-state index in [4.69, 9.17) is 28.8 Å². The summed E-state index contributed by atoms with van der Waals surface area (Å²) in [4.78, 5) is 12.3. The summed E-state index contributed by atoms with van der Waals surface area (Å²) in [5.41, 5.74) is 3.69. The molecule has 0 amide bonds. The maximum Gasteiger partial charge on any atom is 0.186 e. The predicted octanol–water partition coefficient (Wildman–Crippen LogP) is 7.74. The summed E-state index contributed by atoms with van der Waals surface area (Å²) in [7, 11) is 1.63. The van der Waals surface area contributed by atoms with Crippen molar-refractivity contribution in [2.75, 3.05) is 7.11 Å². The van der Waals surface area contributed by atoms with Crippen molar-refractivity contribution in [2.24, 2.45) is 29.1 Å². The maximum absolute atomic E-state index is 12.8. The molecule has 11 atom stereocenters. The summed E-state index contributed by atoms with van der Waals surface area (Å²) >= 11 is 0. The highest BCUT2D eigenvalue weighted by atomic mass is 16.7. The zero-order valence-corrected chi connectivity index (χ0v) is 33.7. The minimum Gasteiger partial charge on any atom is -0.383 e. The van der Waals surface area contributed by atoms with Crippen molar-refractivity contribution in [3.8, 4) is 0 Å². The molecule has 306 valence electrons. The predicted molar refractivity (Wildman–Crippen MR) is 217 cm³/mol. The zero-order chi connectivity index (χ0) is 39.7. The quantitative estimate of drug-likeness (QED) is 0.145. The fraction of sp³-hybridized carbons (Fsp3) is 0.521. The van der Waals surface area contributed by atoms with Gasteiger partial charge in [0, 0.05) is 18.9 Å². The summed E-state index contributed by atoms with van der Waals surface area (Å²) < 4.78 is 34.8. The van der Waals surface area contributed by atoms with Crippen LogP contribution in [0.1, 0.15) is 80.7 Å². The molecule has 2 heterocycles. The number of ether oxygens (including phenoxy) is 5. The number of fused-ring (bicyclic) bond motifs is 5. The highest BCUT2D eigenvalue weighted by molar-refractivity contribution is 5.91. The van der Waals surface area contributed by atoms with Crippen LogP contribution >= 0.6 is 0 Å². The van der Waals surface area contributed by atoms with E-state index in [2.05, 4.69) is 12.1 Å². The van der Waals surface area contributed by atoms with Crippen molar-refractivity contribution in [1.82, 2.24) is 15.0 Å². The van der Waals surface area contributed by atoms with Crippen LogP contribution in [0.15, 0.2) is 109 Å². The van der Waals surface area contributed by atoms with Crippen molar-refractivity contribution < 1.29 is 33.6 Å². The van der Waals surface area contributed by atoms with E-state index in [1.807, 2.05) is 103 Å². The lowest BCUT2D eigenvalue weighted by atomic mass is 9.50. The van der Waals surface area contributed by atoms with Crippen LogP contribution in [0.5, 0.6) is 0 Å². The van der Waals surface area contributed by atoms with Gasteiger partial charge in [-0.3, -0.25) is 4.79 Å². The van der Waals surface area contributed by atoms with Crippen LogP contribution in [-0.4, -0.2) is 63.7 Å². The number of carbonyl (C=O) groups is 1. The number of carbonyl (C=O) groups excluding carboxylic acids is 1. The monoisotopic (exact) mass is 787 g/mol. The Kier molecular flexibility index (Phi) is 11.5. The van der Waals surface area contributed by atoms with Crippen LogP contribution in [0.25, 0.3) is 0 Å². The fourth-order valence-corrected chi connectivity index (χ4v) is 11.5. The molecule has 1 saturated heterocycles. The number of aliphatic hydroxyl groups is 1. The van der Waals surface area contributed by atoms with E-state index < -0.39 is 36.3 Å². The number of rotatable bonds is 13. The van der Waals surface area contributed by atoms with Gasteiger partial charge in [0.05, 0.1) is 32.6 Å². The Morgan fingerprint density at radius 1 is 0.759 bits per heavy atom. The average molecular weight is 788 g/mol. The molecule has 0 radical (unpaired) electrons. The lowest BCUT2D eigenvalue weighted by Crippen LogP contribution is -2.61. The molecule has 0 spiro atoms. The Morgan fingerprint density at radius 2 is 1.38 bits per heavy atom. The topological polar surface area (TPSA) is 114 Å². The molecular formula is C48H57N3O7. The van der Waals surface area contributed by atoms with Crippen molar-refractivity contribution in [1.29, 1.82) is 0 Å². The number of aromatic nitrogens is 3. The normalized spacial score (nSPS) is 34.5. The van der Waals surface area contributed by atoms with Crippen molar-refractivity contribution in [2.45, 2.75) is 121 Å². The minimum absolute atomic E-state index is 0.292. The van der Waals surface area contributed by atoms with Gasteiger partial charge >= 0.3 is 0 Å². The molecule has 10 nitrogen and oxygen atoms in total. The third kappa shape index (κ3) is 7.64. The molecule has 10 heteroatoms. The maximum atomic E-state index is 12.8. The molecule has 5 aliphatic rings. The van der Waals surface area contributed by atoms with E-state index in [1.165, 1.54) is 5.57 Å². The second-order valence-electron chi connectivity index (χ2n) is 17.5. The van der Waals surface area contributed by atoms with Gasteiger partial charge in [-0.15, -0.1) is 5.10 Å². The molecular weight excluding hydrogens is 731 g/mol. The van der Waals surface area contributed by atoms with Gasteiger partial charge in [0.25, 0.3) is 0 Å². The summed E-state index contributed by atoms with van der Waals surface area (Å²) in [6.45, 7) is 3.64. The minimum atomic E-state index is -1.09. The zero-order valence-electron chi connectivity index (χ0n) is 33.7. The van der Waals surface area contributed by atoms with Gasteiger partial charge in [0.2, 0.25) is 0 Å². The molecule has 4 aliphatic carbocycles. The van der Waals surface area contributed by atoms with E-state index in [-0.39, 0.29) is 5.41 Å². The van der Waals surface area contributed by atoms with E-state index in [0.29, 0.717) is 74.4 Å². The number of benzene rings is 3. The van der Waals surface area contributed by atoms with E-state index in [1.54, 1.807) is 11.8 Å². The van der Waals surface area contributed by atoms with Crippen molar-refractivity contribution in [3.05, 3.63) is 131 Å². The smallest absolute Gasteiger partial charge is 0.186 e. The van der Waals surface area contributed by atoms with Gasteiger partial charge in [-0.1, -0.05) is 109 Å². The molecule has 9 rings (SSSR count). The standard InChI is InChI=1S/C48H57N3O7/c1-47-24-22-38-37-21-19-36(52)26-35(37)18-20-39(38)40(47)23-25-48(47,53)42-28-51(50-49-42)27-41-43(55-29-32-12-6-3-7-13-32)44(56-30-33-14-8-4-9-15-33)45(46(54-2)58-41)57-31-34-16-10-5-11-17-34/h3-17,26,28,37-41,43-46,53H,18-25,27,29-31H2,1-2H3/t37-,38+,39+,40-,41+,43+,44-,45+,46-,47-,48+/m0/s1. The second-order valence-corrected chi connectivity index (χ2v) is 17.5. The van der Waals surface area contributed by atoms with Gasteiger partial charge in [-0.2, -0.15) is 0 Å². The van der Waals surface area contributed by atoms with Gasteiger partial charge in [-0.05, 0) is 91.4 Å². The third-order valence-corrected chi connectivity index (χ3v) is 14.5. The Morgan fingerprint density at radius 3 is 2.02 bits per heavy atom. The molecule has 3 saturated carbocycles. The highest BCUT2D eigenvalue weighted by Crippen LogP contribution is 2.67. The first-order valence-electron chi connectivity index (χ1n) is 21.3. The van der Waals surface area contributed by atoms with Gasteiger partial charge in [0.1, 0.15) is 35.7 Å². The Balaban J connectivity index is 0.978. The van der Waals surface area contributed by atoms with Gasteiger partial charge in [-0.25, -0.2) is 4.68 Å². The van der Waals surface area contributed by atoms with Gasteiger partial charge < -0.3 is 28.8 Å². The molecule has 1 aromatic heterocycles. The van der Waals surface area contributed by atoms with Gasteiger partial charge in [0.15, 0.2) is 12.1 Å². The lowest BCUT2D eigenvalue weighted by Gasteiger charge is -2.55. The number of hydrogen-bond donors (Lipinski definition) is 1. The van der Waals surface area contributed by atoms with Crippen molar-refractivity contribution >= 4 is 5.78 Å². The van der Waals surface area contributed by atoms with Crippen LogP contribution in [0.2, 0.25) is 0 Å². The van der Waals surface area contributed by atoms with Crippen LogP contribution in [0.4, 0.5) is 0 Å². The number of methoxy groups -OCH3 is 1. The van der Waals surface area contributed by atoms with E-state index >= 15 is 0 Å². The largest absolute Gasteiger partial charge is 0.383 e. The fourth-order valence-electron chi connectivity index (χ4n) is 11.5. The average Bonchev–Trinajstić information content (AvgIpc) is 3.84. The Labute approximate surface area is 341 Å². The van der Waals surface area contributed by atoms with Crippen LogP contribution in [0.3, 0.4) is 0 Å². The Hall–Kier alpha value is -4.03. The number of hydrogen-bond acceptors (Lipinski definition) is 9. The molecule has 1 aliphatic heterocycles. The highest BCUT2D eigenvalue weighted by Gasteiger charge is 2.64.